The van der Waals surface area contributed by atoms with Crippen LogP contribution in [0.15, 0.2) is 24.3 Å². The Hall–Kier alpha value is -1.55. The minimum absolute atomic E-state index is 0.0723. The number of carbonyl (C=O) groups is 2. The van der Waals surface area contributed by atoms with Gasteiger partial charge in [-0.2, -0.15) is 0 Å². The van der Waals surface area contributed by atoms with E-state index < -0.39 is 11.4 Å². The van der Waals surface area contributed by atoms with E-state index in [1.165, 1.54) is 13.8 Å². The van der Waals surface area contributed by atoms with Crippen molar-refractivity contribution >= 4 is 23.5 Å². The first-order valence-corrected chi connectivity index (χ1v) is 6.39. The monoisotopic (exact) mass is 283 g/mol. The van der Waals surface area contributed by atoms with Gasteiger partial charge in [-0.05, 0) is 32.4 Å². The van der Waals surface area contributed by atoms with Crippen LogP contribution in [-0.4, -0.2) is 17.0 Å². The van der Waals surface area contributed by atoms with Crippen LogP contribution in [0.5, 0.6) is 0 Å². The van der Waals surface area contributed by atoms with Crippen molar-refractivity contribution in [3.05, 3.63) is 34.9 Å². The summed E-state index contributed by atoms with van der Waals surface area (Å²) in [7, 11) is 0. The van der Waals surface area contributed by atoms with Crippen molar-refractivity contribution < 1.29 is 14.7 Å². The van der Waals surface area contributed by atoms with Crippen LogP contribution in [0, 0.1) is 5.41 Å². The number of hydrogen-bond acceptors (Lipinski definition) is 2. The van der Waals surface area contributed by atoms with Gasteiger partial charge < -0.3 is 10.4 Å². The summed E-state index contributed by atoms with van der Waals surface area (Å²) in [5.41, 5.74) is -0.268. The van der Waals surface area contributed by atoms with Crippen molar-refractivity contribution in [3.63, 3.8) is 0 Å². The zero-order chi connectivity index (χ0) is 14.6. The number of carbonyl (C=O) groups excluding carboxylic acids is 1. The molecule has 1 aromatic rings. The van der Waals surface area contributed by atoms with Gasteiger partial charge in [0, 0.05) is 11.4 Å². The highest BCUT2D eigenvalue weighted by atomic mass is 35.5. The smallest absolute Gasteiger partial charge is 0.309 e. The molecule has 0 fully saturated rings. The SMILES string of the molecule is C[C@H](NC(=O)CC(C)(C)C(=O)O)c1ccccc1Cl. The zero-order valence-corrected chi connectivity index (χ0v) is 12.0. The van der Waals surface area contributed by atoms with E-state index in [4.69, 9.17) is 16.7 Å². The molecule has 0 saturated heterocycles. The highest BCUT2D eigenvalue weighted by Gasteiger charge is 2.30. The van der Waals surface area contributed by atoms with E-state index in [1.807, 2.05) is 25.1 Å². The second-order valence-corrected chi connectivity index (χ2v) is 5.58. The molecule has 104 valence electrons. The van der Waals surface area contributed by atoms with E-state index in [1.54, 1.807) is 6.07 Å². The Morgan fingerprint density at radius 2 is 1.95 bits per heavy atom. The van der Waals surface area contributed by atoms with Crippen LogP contribution in [0.2, 0.25) is 5.02 Å². The molecule has 0 spiro atoms. The fraction of sp³-hybridized carbons (Fsp3) is 0.429. The molecule has 0 aliphatic heterocycles. The molecule has 1 aromatic carbocycles. The highest BCUT2D eigenvalue weighted by molar-refractivity contribution is 6.31. The van der Waals surface area contributed by atoms with Crippen LogP contribution < -0.4 is 5.32 Å². The Morgan fingerprint density at radius 1 is 1.37 bits per heavy atom. The van der Waals surface area contributed by atoms with Gasteiger partial charge in [0.2, 0.25) is 5.91 Å². The van der Waals surface area contributed by atoms with Gasteiger partial charge in [-0.25, -0.2) is 0 Å². The maximum Gasteiger partial charge on any atom is 0.309 e. The van der Waals surface area contributed by atoms with Gasteiger partial charge >= 0.3 is 5.97 Å². The minimum Gasteiger partial charge on any atom is -0.481 e. The number of benzene rings is 1. The number of amides is 1. The van der Waals surface area contributed by atoms with Crippen molar-refractivity contribution in [2.75, 3.05) is 0 Å². The van der Waals surface area contributed by atoms with Crippen LogP contribution in [-0.2, 0) is 9.59 Å². The third kappa shape index (κ3) is 4.24. The molecule has 0 radical (unpaired) electrons. The molecule has 0 aliphatic carbocycles. The molecule has 2 N–H and O–H groups in total. The topological polar surface area (TPSA) is 66.4 Å². The van der Waals surface area contributed by atoms with Crippen molar-refractivity contribution in [1.82, 2.24) is 5.32 Å². The van der Waals surface area contributed by atoms with Crippen molar-refractivity contribution in [3.8, 4) is 0 Å². The molecule has 0 aliphatic rings. The molecule has 0 bridgehead atoms. The molecule has 0 heterocycles. The lowest BCUT2D eigenvalue weighted by atomic mass is 9.89. The van der Waals surface area contributed by atoms with E-state index in [0.717, 1.165) is 5.56 Å². The molecule has 1 amide bonds. The Bertz CT molecular complexity index is 485. The summed E-state index contributed by atoms with van der Waals surface area (Å²) in [6.45, 7) is 4.86. The second-order valence-electron chi connectivity index (χ2n) is 5.18. The quantitative estimate of drug-likeness (QED) is 0.873. The number of hydrogen-bond donors (Lipinski definition) is 2. The summed E-state index contributed by atoms with van der Waals surface area (Å²) in [6, 6.07) is 6.97. The lowest BCUT2D eigenvalue weighted by molar-refractivity contribution is -0.149. The van der Waals surface area contributed by atoms with Crippen LogP contribution in [0.25, 0.3) is 0 Å². The van der Waals surface area contributed by atoms with E-state index in [0.29, 0.717) is 5.02 Å². The van der Waals surface area contributed by atoms with Gasteiger partial charge in [-0.3, -0.25) is 9.59 Å². The van der Waals surface area contributed by atoms with Gasteiger partial charge in [-0.1, -0.05) is 29.8 Å². The summed E-state index contributed by atoms with van der Waals surface area (Å²) in [6.07, 6.45) is -0.0723. The minimum atomic E-state index is -1.08. The van der Waals surface area contributed by atoms with Gasteiger partial charge in [0.15, 0.2) is 0 Å². The fourth-order valence-electron chi connectivity index (χ4n) is 1.67. The van der Waals surface area contributed by atoms with E-state index in [2.05, 4.69) is 5.32 Å². The molecule has 5 heteroatoms. The molecule has 0 saturated carbocycles. The Morgan fingerprint density at radius 3 is 2.47 bits per heavy atom. The van der Waals surface area contributed by atoms with Crippen molar-refractivity contribution in [2.24, 2.45) is 5.41 Å². The predicted octanol–water partition coefficient (Wildman–Crippen LogP) is 3.02. The number of carboxylic acid groups (broad SMARTS) is 1. The Balaban J connectivity index is 2.68. The maximum absolute atomic E-state index is 11.8. The lowest BCUT2D eigenvalue weighted by Gasteiger charge is -2.21. The van der Waals surface area contributed by atoms with Gasteiger partial charge in [0.05, 0.1) is 11.5 Å². The van der Waals surface area contributed by atoms with Crippen molar-refractivity contribution in [2.45, 2.75) is 33.2 Å². The normalized spacial score (nSPS) is 12.8. The van der Waals surface area contributed by atoms with E-state index in [-0.39, 0.29) is 18.4 Å². The van der Waals surface area contributed by atoms with Gasteiger partial charge in [0.1, 0.15) is 0 Å². The molecule has 4 nitrogen and oxygen atoms in total. The number of rotatable bonds is 5. The highest BCUT2D eigenvalue weighted by Crippen LogP contribution is 2.24. The number of carboxylic acids is 1. The largest absolute Gasteiger partial charge is 0.481 e. The van der Waals surface area contributed by atoms with Crippen LogP contribution in [0.1, 0.15) is 38.8 Å². The standard InChI is InChI=1S/C14H18ClNO3/c1-9(10-6-4-5-7-11(10)15)16-12(17)8-14(2,3)13(18)19/h4-7,9H,8H2,1-3H3,(H,16,17)(H,18,19)/t9-/m0/s1. The molecule has 19 heavy (non-hydrogen) atoms. The molecule has 1 atom stereocenters. The number of nitrogens with one attached hydrogen (secondary N) is 1. The molecular formula is C14H18ClNO3. The van der Waals surface area contributed by atoms with E-state index >= 15 is 0 Å². The van der Waals surface area contributed by atoms with E-state index in [9.17, 15) is 9.59 Å². The third-order valence-corrected chi connectivity index (χ3v) is 3.27. The summed E-state index contributed by atoms with van der Waals surface area (Å²) in [5, 5.41) is 12.3. The average Bonchev–Trinajstić information content (AvgIpc) is 2.28. The Kier molecular flexibility index (Phi) is 4.95. The first-order chi connectivity index (χ1) is 8.74. The van der Waals surface area contributed by atoms with Crippen LogP contribution in [0.4, 0.5) is 0 Å². The van der Waals surface area contributed by atoms with Gasteiger partial charge in [0.25, 0.3) is 0 Å². The first kappa shape index (κ1) is 15.5. The summed E-state index contributed by atoms with van der Waals surface area (Å²) >= 11 is 6.04. The second kappa shape index (κ2) is 6.06. The molecule has 0 unspecified atom stereocenters. The summed E-state index contributed by atoms with van der Waals surface area (Å²) in [5.74, 6) is -1.30. The maximum atomic E-state index is 11.8. The lowest BCUT2D eigenvalue weighted by Crippen LogP contribution is -2.34. The van der Waals surface area contributed by atoms with Crippen molar-refractivity contribution in [1.29, 1.82) is 0 Å². The molecular weight excluding hydrogens is 266 g/mol. The molecule has 1 rings (SSSR count). The van der Waals surface area contributed by atoms with Gasteiger partial charge in [-0.15, -0.1) is 0 Å². The zero-order valence-electron chi connectivity index (χ0n) is 11.2. The summed E-state index contributed by atoms with van der Waals surface area (Å²) < 4.78 is 0. The summed E-state index contributed by atoms with van der Waals surface area (Å²) in [4.78, 5) is 22.8. The predicted molar refractivity (Wildman–Crippen MR) is 74.0 cm³/mol. The average molecular weight is 284 g/mol. The Labute approximate surface area is 117 Å². The van der Waals surface area contributed by atoms with Crippen LogP contribution in [0.3, 0.4) is 0 Å². The third-order valence-electron chi connectivity index (χ3n) is 2.93. The first-order valence-electron chi connectivity index (χ1n) is 6.01. The number of aliphatic carboxylic acids is 1. The molecule has 0 aromatic heterocycles. The number of halogens is 1. The van der Waals surface area contributed by atoms with Crippen LogP contribution >= 0.6 is 11.6 Å². The fourth-order valence-corrected chi connectivity index (χ4v) is 1.97.